The van der Waals surface area contributed by atoms with Gasteiger partial charge in [-0.05, 0) is 24.6 Å². The highest BCUT2D eigenvalue weighted by Gasteiger charge is 2.09. The summed E-state index contributed by atoms with van der Waals surface area (Å²) in [7, 11) is 0. The number of carbonyl (C=O) groups excluding carboxylic acids is 1. The summed E-state index contributed by atoms with van der Waals surface area (Å²) in [5, 5.41) is 8.15. The molecule has 0 aliphatic heterocycles. The van der Waals surface area contributed by atoms with Crippen molar-refractivity contribution < 1.29 is 4.79 Å². The largest absolute Gasteiger partial charge is 0.352 e. The van der Waals surface area contributed by atoms with Crippen molar-refractivity contribution >= 4 is 46.0 Å². The third-order valence-electron chi connectivity index (χ3n) is 3.56. The summed E-state index contributed by atoms with van der Waals surface area (Å²) in [4.78, 5) is 30.2. The predicted octanol–water partition coefficient (Wildman–Crippen LogP) is 3.02. The van der Waals surface area contributed by atoms with E-state index in [1.165, 1.54) is 6.92 Å². The van der Waals surface area contributed by atoms with Crippen LogP contribution in [-0.4, -0.2) is 25.5 Å². The number of carbonyl (C=O) groups is 1. The molecule has 0 aliphatic rings. The number of H-pyrrole nitrogens is 1. The van der Waals surface area contributed by atoms with Gasteiger partial charge in [0.1, 0.15) is 11.3 Å². The van der Waals surface area contributed by atoms with E-state index in [2.05, 4.69) is 20.4 Å². The van der Waals surface area contributed by atoms with E-state index in [-0.39, 0.29) is 16.9 Å². The second-order valence-corrected chi connectivity index (χ2v) is 6.41. The van der Waals surface area contributed by atoms with Gasteiger partial charge >= 0.3 is 0 Å². The van der Waals surface area contributed by atoms with E-state index in [1.54, 1.807) is 23.0 Å². The van der Waals surface area contributed by atoms with E-state index in [1.807, 2.05) is 6.07 Å². The number of nitrogens with one attached hydrogen (secondary N) is 2. The molecule has 0 unspecified atom stereocenters. The molecular weight excluding hydrogens is 365 g/mol. The molecule has 130 valence electrons. The van der Waals surface area contributed by atoms with Crippen molar-refractivity contribution in [1.82, 2.24) is 19.7 Å². The monoisotopic (exact) mass is 379 g/mol. The van der Waals surface area contributed by atoms with Crippen molar-refractivity contribution in [3.8, 4) is 0 Å². The van der Waals surface area contributed by atoms with Crippen LogP contribution in [0.2, 0.25) is 10.0 Å². The maximum absolute atomic E-state index is 12.1. The van der Waals surface area contributed by atoms with Gasteiger partial charge in [-0.1, -0.05) is 29.3 Å². The van der Waals surface area contributed by atoms with Gasteiger partial charge in [-0.15, -0.1) is 0 Å². The van der Waals surface area contributed by atoms with E-state index in [0.717, 1.165) is 5.56 Å². The minimum atomic E-state index is -0.344. The molecule has 0 amide bonds. The SMILES string of the molecule is CC(=O)CCn1cc2nc(NCc3ccc(Cl)c(Cl)c3)[nH]c(=O)c2n1. The molecule has 25 heavy (non-hydrogen) atoms. The molecule has 0 fully saturated rings. The molecule has 0 spiro atoms. The van der Waals surface area contributed by atoms with Gasteiger partial charge in [-0.25, -0.2) is 4.98 Å². The molecule has 0 aliphatic carbocycles. The zero-order chi connectivity index (χ0) is 18.0. The van der Waals surface area contributed by atoms with Gasteiger partial charge in [0.05, 0.1) is 16.2 Å². The summed E-state index contributed by atoms with van der Waals surface area (Å²) in [5.74, 6) is 0.389. The van der Waals surface area contributed by atoms with Gasteiger partial charge < -0.3 is 5.32 Å². The number of Topliss-reactive ketones (excluding diaryl/α,β-unsaturated/α-hetero) is 1. The summed E-state index contributed by atoms with van der Waals surface area (Å²) >= 11 is 11.9. The van der Waals surface area contributed by atoms with Crippen molar-refractivity contribution in [2.24, 2.45) is 0 Å². The van der Waals surface area contributed by atoms with Crippen LogP contribution < -0.4 is 10.9 Å². The fourth-order valence-corrected chi connectivity index (χ4v) is 2.60. The Kier molecular flexibility index (Phi) is 5.06. The van der Waals surface area contributed by atoms with Crippen LogP contribution in [0, 0.1) is 0 Å². The Balaban J connectivity index is 1.78. The number of hydrogen-bond donors (Lipinski definition) is 2. The van der Waals surface area contributed by atoms with Gasteiger partial charge in [0.25, 0.3) is 5.56 Å². The Morgan fingerprint density at radius 3 is 2.84 bits per heavy atom. The number of halogens is 2. The van der Waals surface area contributed by atoms with Crippen LogP contribution in [0.3, 0.4) is 0 Å². The number of ketones is 1. The van der Waals surface area contributed by atoms with Crippen molar-refractivity contribution in [3.05, 3.63) is 50.4 Å². The number of anilines is 1. The zero-order valence-electron chi connectivity index (χ0n) is 13.3. The van der Waals surface area contributed by atoms with E-state index < -0.39 is 0 Å². The molecule has 0 saturated carbocycles. The third-order valence-corrected chi connectivity index (χ3v) is 4.30. The number of aryl methyl sites for hydroxylation is 1. The normalized spacial score (nSPS) is 11.0. The molecule has 0 saturated heterocycles. The van der Waals surface area contributed by atoms with Crippen LogP contribution in [-0.2, 0) is 17.9 Å². The Bertz CT molecular complexity index is 996. The third kappa shape index (κ3) is 4.18. The van der Waals surface area contributed by atoms with Crippen LogP contribution in [0.4, 0.5) is 5.95 Å². The van der Waals surface area contributed by atoms with E-state index >= 15 is 0 Å². The van der Waals surface area contributed by atoms with Crippen molar-refractivity contribution in [1.29, 1.82) is 0 Å². The zero-order valence-corrected chi connectivity index (χ0v) is 14.9. The number of rotatable bonds is 6. The first kappa shape index (κ1) is 17.4. The minimum Gasteiger partial charge on any atom is -0.352 e. The number of aromatic amines is 1. The molecule has 2 aromatic heterocycles. The lowest BCUT2D eigenvalue weighted by Gasteiger charge is -2.06. The molecule has 2 N–H and O–H groups in total. The molecule has 3 aromatic rings. The Morgan fingerprint density at radius 2 is 2.12 bits per heavy atom. The van der Waals surface area contributed by atoms with Crippen LogP contribution in [0.15, 0.2) is 29.2 Å². The second kappa shape index (κ2) is 7.25. The van der Waals surface area contributed by atoms with Crippen molar-refractivity contribution in [3.63, 3.8) is 0 Å². The molecule has 9 heteroatoms. The topological polar surface area (TPSA) is 92.7 Å². The summed E-state index contributed by atoms with van der Waals surface area (Å²) in [6.07, 6.45) is 2.01. The average molecular weight is 380 g/mol. The minimum absolute atomic E-state index is 0.0606. The molecule has 0 bridgehead atoms. The Morgan fingerprint density at radius 1 is 1.32 bits per heavy atom. The first-order chi connectivity index (χ1) is 11.9. The number of benzene rings is 1. The lowest BCUT2D eigenvalue weighted by molar-refractivity contribution is -0.117. The molecule has 3 rings (SSSR count). The second-order valence-electron chi connectivity index (χ2n) is 5.59. The lowest BCUT2D eigenvalue weighted by atomic mass is 10.2. The number of fused-ring (bicyclic) bond motifs is 1. The van der Waals surface area contributed by atoms with Gasteiger partial charge in [0.15, 0.2) is 5.52 Å². The molecule has 0 radical (unpaired) electrons. The fourth-order valence-electron chi connectivity index (χ4n) is 2.28. The maximum Gasteiger partial charge on any atom is 0.280 e. The highest BCUT2D eigenvalue weighted by Crippen LogP contribution is 2.22. The van der Waals surface area contributed by atoms with Gasteiger partial charge in [-0.3, -0.25) is 19.3 Å². The lowest BCUT2D eigenvalue weighted by Crippen LogP contribution is -2.13. The number of hydrogen-bond acceptors (Lipinski definition) is 5. The van der Waals surface area contributed by atoms with Crippen LogP contribution in [0.1, 0.15) is 18.9 Å². The highest BCUT2D eigenvalue weighted by atomic mass is 35.5. The van der Waals surface area contributed by atoms with Gasteiger partial charge in [0.2, 0.25) is 5.95 Å². The first-order valence-electron chi connectivity index (χ1n) is 7.57. The standard InChI is InChI=1S/C16H15Cl2N5O2/c1-9(24)4-5-23-8-13-14(22-23)15(25)21-16(20-13)19-7-10-2-3-11(17)12(18)6-10/h2-3,6,8H,4-5,7H2,1H3,(H2,19,20,21,25). The predicted molar refractivity (Wildman–Crippen MR) is 97.2 cm³/mol. The Labute approximate surface area is 153 Å². The van der Waals surface area contributed by atoms with Gasteiger partial charge in [0, 0.05) is 19.5 Å². The van der Waals surface area contributed by atoms with Crippen LogP contribution in [0.5, 0.6) is 0 Å². The molecule has 7 nitrogen and oxygen atoms in total. The summed E-state index contributed by atoms with van der Waals surface area (Å²) in [6, 6.07) is 5.28. The van der Waals surface area contributed by atoms with E-state index in [0.29, 0.717) is 41.0 Å². The van der Waals surface area contributed by atoms with Gasteiger partial charge in [-0.2, -0.15) is 5.10 Å². The molecular formula is C16H15Cl2N5O2. The molecule has 0 atom stereocenters. The summed E-state index contributed by atoms with van der Waals surface area (Å²) < 4.78 is 1.55. The van der Waals surface area contributed by atoms with E-state index in [9.17, 15) is 9.59 Å². The van der Waals surface area contributed by atoms with Crippen LogP contribution in [0.25, 0.3) is 11.0 Å². The number of nitrogens with zero attached hydrogens (tertiary/aromatic N) is 3. The molecule has 1 aromatic carbocycles. The quantitative estimate of drug-likeness (QED) is 0.686. The maximum atomic E-state index is 12.1. The van der Waals surface area contributed by atoms with Crippen molar-refractivity contribution in [2.45, 2.75) is 26.4 Å². The number of aromatic nitrogens is 4. The highest BCUT2D eigenvalue weighted by molar-refractivity contribution is 6.42. The Hall–Kier alpha value is -2.38. The average Bonchev–Trinajstić information content (AvgIpc) is 2.98. The van der Waals surface area contributed by atoms with E-state index in [4.69, 9.17) is 23.2 Å². The smallest absolute Gasteiger partial charge is 0.280 e. The van der Waals surface area contributed by atoms with Crippen LogP contribution >= 0.6 is 23.2 Å². The van der Waals surface area contributed by atoms with Crippen molar-refractivity contribution in [2.75, 3.05) is 5.32 Å². The first-order valence-corrected chi connectivity index (χ1v) is 8.32. The molecule has 2 heterocycles. The summed E-state index contributed by atoms with van der Waals surface area (Å²) in [6.45, 7) is 2.35. The fraction of sp³-hybridized carbons (Fsp3) is 0.250. The summed E-state index contributed by atoms with van der Waals surface area (Å²) in [5.41, 5.74) is 1.25.